The SMILES string of the molecule is CCC(C)NC(=O)C(Cc1ccccc1)N(Cc1ccc(Cl)c(Cl)c1)C(=O)COc1ccc(C(C)C)cc1Br. The molecule has 0 spiro atoms. The molecule has 0 saturated heterocycles. The monoisotopic (exact) mass is 632 g/mol. The topological polar surface area (TPSA) is 58.6 Å². The first-order chi connectivity index (χ1) is 18.6. The minimum Gasteiger partial charge on any atom is -0.483 e. The Labute approximate surface area is 250 Å². The summed E-state index contributed by atoms with van der Waals surface area (Å²) in [5.74, 6) is 0.387. The summed E-state index contributed by atoms with van der Waals surface area (Å²) >= 11 is 16.0. The molecule has 0 saturated carbocycles. The van der Waals surface area contributed by atoms with Gasteiger partial charge in [0, 0.05) is 19.0 Å². The summed E-state index contributed by atoms with van der Waals surface area (Å²) < 4.78 is 6.73. The van der Waals surface area contributed by atoms with E-state index in [0.29, 0.717) is 28.1 Å². The minimum atomic E-state index is -0.765. The van der Waals surface area contributed by atoms with E-state index in [1.54, 1.807) is 17.0 Å². The van der Waals surface area contributed by atoms with Crippen LogP contribution in [0.1, 0.15) is 56.7 Å². The van der Waals surface area contributed by atoms with Crippen molar-refractivity contribution in [2.45, 2.75) is 65.1 Å². The molecule has 2 amide bonds. The van der Waals surface area contributed by atoms with Crippen LogP contribution < -0.4 is 10.1 Å². The van der Waals surface area contributed by atoms with Gasteiger partial charge in [-0.15, -0.1) is 0 Å². The zero-order valence-corrected chi connectivity index (χ0v) is 25.8. The van der Waals surface area contributed by atoms with Gasteiger partial charge in [-0.25, -0.2) is 0 Å². The number of halogens is 3. The summed E-state index contributed by atoms with van der Waals surface area (Å²) in [6.07, 6.45) is 1.12. The number of nitrogens with one attached hydrogen (secondary N) is 1. The van der Waals surface area contributed by atoms with Crippen molar-refractivity contribution in [2.75, 3.05) is 6.61 Å². The molecule has 39 heavy (non-hydrogen) atoms. The quantitative estimate of drug-likeness (QED) is 0.221. The van der Waals surface area contributed by atoms with Gasteiger partial charge >= 0.3 is 0 Å². The Bertz CT molecular complexity index is 1270. The normalized spacial score (nSPS) is 12.6. The summed E-state index contributed by atoms with van der Waals surface area (Å²) in [5.41, 5.74) is 2.86. The van der Waals surface area contributed by atoms with Crippen molar-refractivity contribution in [3.05, 3.63) is 97.9 Å². The zero-order chi connectivity index (χ0) is 28.5. The highest BCUT2D eigenvalue weighted by atomic mass is 79.9. The Morgan fingerprint density at radius 2 is 1.67 bits per heavy atom. The van der Waals surface area contributed by atoms with E-state index in [4.69, 9.17) is 27.9 Å². The van der Waals surface area contributed by atoms with Crippen molar-refractivity contribution < 1.29 is 14.3 Å². The molecule has 1 N–H and O–H groups in total. The molecule has 0 aliphatic heterocycles. The van der Waals surface area contributed by atoms with Crippen LogP contribution in [-0.4, -0.2) is 35.4 Å². The van der Waals surface area contributed by atoms with Gasteiger partial charge in [-0.1, -0.05) is 86.4 Å². The minimum absolute atomic E-state index is 0.0376. The second-order valence-corrected chi connectivity index (χ2v) is 11.6. The molecule has 3 aromatic rings. The summed E-state index contributed by atoms with van der Waals surface area (Å²) in [5, 5.41) is 3.87. The molecule has 3 rings (SSSR count). The number of rotatable bonds is 12. The fraction of sp³-hybridized carbons (Fsp3) is 0.355. The van der Waals surface area contributed by atoms with Crippen molar-refractivity contribution in [1.82, 2.24) is 10.2 Å². The second kappa shape index (κ2) is 14.7. The van der Waals surface area contributed by atoms with Gasteiger partial charge in [-0.3, -0.25) is 9.59 Å². The predicted molar refractivity (Wildman–Crippen MR) is 163 cm³/mol. The van der Waals surface area contributed by atoms with Gasteiger partial charge < -0.3 is 15.0 Å². The van der Waals surface area contributed by atoms with E-state index in [2.05, 4.69) is 35.1 Å². The number of ether oxygens (including phenoxy) is 1. The van der Waals surface area contributed by atoms with Crippen LogP contribution in [0.15, 0.2) is 71.2 Å². The first-order valence-corrected chi connectivity index (χ1v) is 14.6. The number of carbonyl (C=O) groups excluding carboxylic acids is 2. The predicted octanol–water partition coefficient (Wildman–Crippen LogP) is 7.81. The van der Waals surface area contributed by atoms with E-state index >= 15 is 0 Å². The van der Waals surface area contributed by atoms with Gasteiger partial charge in [-0.2, -0.15) is 0 Å². The highest BCUT2D eigenvalue weighted by Crippen LogP contribution is 2.29. The molecular weight excluding hydrogens is 599 g/mol. The van der Waals surface area contributed by atoms with Crippen LogP contribution >= 0.6 is 39.1 Å². The summed E-state index contributed by atoms with van der Waals surface area (Å²) in [4.78, 5) is 29.0. The standard InChI is InChI=1S/C31H35BrCl2N2O3/c1-5-21(4)35-31(38)28(16-22-9-7-6-8-10-22)36(18-23-11-13-26(33)27(34)15-23)30(37)19-39-29-14-12-24(20(2)3)17-25(29)32/h6-15,17,20-21,28H,5,16,18-19H2,1-4H3,(H,35,38). The molecule has 0 fully saturated rings. The molecule has 0 radical (unpaired) electrons. The summed E-state index contributed by atoms with van der Waals surface area (Å²) in [7, 11) is 0. The van der Waals surface area contributed by atoms with E-state index < -0.39 is 6.04 Å². The number of nitrogens with zero attached hydrogens (tertiary/aromatic N) is 1. The van der Waals surface area contributed by atoms with Crippen molar-refractivity contribution in [3.8, 4) is 5.75 Å². The number of carbonyl (C=O) groups is 2. The molecule has 0 aliphatic rings. The molecule has 3 aromatic carbocycles. The molecule has 8 heteroatoms. The first-order valence-electron chi connectivity index (χ1n) is 13.1. The Morgan fingerprint density at radius 1 is 0.949 bits per heavy atom. The van der Waals surface area contributed by atoms with E-state index in [1.807, 2.05) is 68.4 Å². The Hall–Kier alpha value is -2.54. The van der Waals surface area contributed by atoms with E-state index in [9.17, 15) is 9.59 Å². The lowest BCUT2D eigenvalue weighted by Gasteiger charge is -2.32. The number of amides is 2. The molecule has 0 heterocycles. The third-order valence-corrected chi connectivity index (χ3v) is 7.94. The van der Waals surface area contributed by atoms with Crippen LogP contribution in [0.5, 0.6) is 5.75 Å². The third kappa shape index (κ3) is 8.99. The maximum atomic E-state index is 13.8. The van der Waals surface area contributed by atoms with Crippen LogP contribution in [0.2, 0.25) is 10.0 Å². The average Bonchev–Trinajstić information content (AvgIpc) is 2.92. The molecule has 0 aliphatic carbocycles. The Kier molecular flexibility index (Phi) is 11.7. The van der Waals surface area contributed by atoms with E-state index in [-0.39, 0.29) is 31.0 Å². The molecular formula is C31H35BrCl2N2O3. The van der Waals surface area contributed by atoms with Gasteiger partial charge in [0.2, 0.25) is 5.91 Å². The summed E-state index contributed by atoms with van der Waals surface area (Å²) in [6.45, 7) is 8.12. The maximum absolute atomic E-state index is 13.8. The highest BCUT2D eigenvalue weighted by Gasteiger charge is 2.31. The van der Waals surface area contributed by atoms with E-state index in [0.717, 1.165) is 27.6 Å². The van der Waals surface area contributed by atoms with Gasteiger partial charge in [0.25, 0.3) is 5.91 Å². The number of benzene rings is 3. The lowest BCUT2D eigenvalue weighted by Crippen LogP contribution is -2.53. The number of hydrogen-bond donors (Lipinski definition) is 1. The Morgan fingerprint density at radius 3 is 2.28 bits per heavy atom. The average molecular weight is 634 g/mol. The molecule has 0 aromatic heterocycles. The fourth-order valence-corrected chi connectivity index (χ4v) is 4.88. The highest BCUT2D eigenvalue weighted by molar-refractivity contribution is 9.10. The smallest absolute Gasteiger partial charge is 0.261 e. The van der Waals surface area contributed by atoms with Crippen molar-refractivity contribution >= 4 is 50.9 Å². The maximum Gasteiger partial charge on any atom is 0.261 e. The van der Waals surface area contributed by atoms with Crippen LogP contribution in [0, 0.1) is 0 Å². The van der Waals surface area contributed by atoms with Gasteiger partial charge in [0.05, 0.1) is 14.5 Å². The van der Waals surface area contributed by atoms with E-state index in [1.165, 1.54) is 0 Å². The molecule has 2 atom stereocenters. The van der Waals surface area contributed by atoms with Crippen molar-refractivity contribution in [2.24, 2.45) is 0 Å². The molecule has 0 bridgehead atoms. The third-order valence-electron chi connectivity index (χ3n) is 6.58. The van der Waals surface area contributed by atoms with Crippen LogP contribution in [0.4, 0.5) is 0 Å². The zero-order valence-electron chi connectivity index (χ0n) is 22.7. The number of hydrogen-bond acceptors (Lipinski definition) is 3. The largest absolute Gasteiger partial charge is 0.483 e. The summed E-state index contributed by atoms with van der Waals surface area (Å²) in [6, 6.07) is 19.9. The lowest BCUT2D eigenvalue weighted by atomic mass is 10.0. The molecule has 208 valence electrons. The molecule has 5 nitrogen and oxygen atoms in total. The van der Waals surface area contributed by atoms with Gasteiger partial charge in [0.15, 0.2) is 6.61 Å². The molecule has 2 unspecified atom stereocenters. The van der Waals surface area contributed by atoms with Crippen molar-refractivity contribution in [1.29, 1.82) is 0 Å². The van der Waals surface area contributed by atoms with Crippen LogP contribution in [0.25, 0.3) is 0 Å². The van der Waals surface area contributed by atoms with Crippen molar-refractivity contribution in [3.63, 3.8) is 0 Å². The van der Waals surface area contributed by atoms with Gasteiger partial charge in [-0.05, 0) is 76.1 Å². The van der Waals surface area contributed by atoms with Crippen LogP contribution in [0.3, 0.4) is 0 Å². The lowest BCUT2D eigenvalue weighted by molar-refractivity contribution is -0.143. The fourth-order valence-electron chi connectivity index (χ4n) is 4.05. The second-order valence-electron chi connectivity index (χ2n) is 9.93. The van der Waals surface area contributed by atoms with Crippen LogP contribution in [-0.2, 0) is 22.6 Å². The Balaban J connectivity index is 1.94. The first kappa shape index (κ1) is 31.0. The van der Waals surface area contributed by atoms with Gasteiger partial charge in [0.1, 0.15) is 11.8 Å².